The first-order valence-corrected chi connectivity index (χ1v) is 10.1. The molecule has 1 unspecified atom stereocenters. The predicted octanol–water partition coefficient (Wildman–Crippen LogP) is 3.84. The minimum absolute atomic E-state index is 0.124. The first-order chi connectivity index (χ1) is 15.1. The molecule has 1 amide bonds. The third-order valence-electron chi connectivity index (χ3n) is 4.32. The Morgan fingerprint density at radius 3 is 2.50 bits per heavy atom. The van der Waals surface area contributed by atoms with Crippen LogP contribution >= 0.6 is 23.8 Å². The molecule has 1 aromatic heterocycles. The van der Waals surface area contributed by atoms with E-state index in [1.807, 2.05) is 0 Å². The lowest BCUT2D eigenvalue weighted by molar-refractivity contribution is -0.137. The van der Waals surface area contributed by atoms with Gasteiger partial charge in [0, 0.05) is 17.1 Å². The average molecular weight is 487 g/mol. The van der Waals surface area contributed by atoms with Gasteiger partial charge in [0.1, 0.15) is 25.0 Å². The standard InChI is InChI=1S/C20H18ClF3N4O3S/c21-14-5-1-12(2-6-14)18-26-27-19(32)28(18)10-17(30)25-9-15(29)11-31-16-7-3-13(4-8-16)20(22,23)24/h1-8,15,29H,9-11H2,(H,25,30)(H,27,32). The molecule has 12 heteroatoms. The van der Waals surface area contributed by atoms with Gasteiger partial charge in [0.05, 0.1) is 5.56 Å². The van der Waals surface area contributed by atoms with Gasteiger partial charge in [0.25, 0.3) is 0 Å². The number of aliphatic hydroxyl groups excluding tert-OH is 1. The Balaban J connectivity index is 1.50. The summed E-state index contributed by atoms with van der Waals surface area (Å²) in [7, 11) is 0. The molecule has 3 aromatic rings. The van der Waals surface area contributed by atoms with Crippen LogP contribution in [0.3, 0.4) is 0 Å². The highest BCUT2D eigenvalue weighted by atomic mass is 35.5. The minimum Gasteiger partial charge on any atom is -0.491 e. The summed E-state index contributed by atoms with van der Waals surface area (Å²) in [5.74, 6) is 0.194. The molecule has 0 fully saturated rings. The maximum absolute atomic E-state index is 12.6. The number of halogens is 4. The van der Waals surface area contributed by atoms with Gasteiger partial charge < -0.3 is 15.2 Å². The Labute approximate surface area is 190 Å². The second-order valence-electron chi connectivity index (χ2n) is 6.74. The van der Waals surface area contributed by atoms with E-state index in [2.05, 4.69) is 15.5 Å². The summed E-state index contributed by atoms with van der Waals surface area (Å²) in [4.78, 5) is 12.3. The zero-order valence-electron chi connectivity index (χ0n) is 16.4. The van der Waals surface area contributed by atoms with Crippen molar-refractivity contribution in [2.45, 2.75) is 18.8 Å². The highest BCUT2D eigenvalue weighted by molar-refractivity contribution is 7.71. The highest BCUT2D eigenvalue weighted by Gasteiger charge is 2.30. The van der Waals surface area contributed by atoms with Crippen molar-refractivity contribution in [1.82, 2.24) is 20.1 Å². The fraction of sp³-hybridized carbons (Fsp3) is 0.250. The molecule has 170 valence electrons. The van der Waals surface area contributed by atoms with Gasteiger partial charge in [0.15, 0.2) is 10.6 Å². The van der Waals surface area contributed by atoms with E-state index in [9.17, 15) is 23.1 Å². The van der Waals surface area contributed by atoms with E-state index in [4.69, 9.17) is 28.6 Å². The van der Waals surface area contributed by atoms with Gasteiger partial charge in [-0.25, -0.2) is 0 Å². The molecule has 1 heterocycles. The number of aromatic nitrogens is 3. The first kappa shape index (κ1) is 23.8. The Hall–Kier alpha value is -2.89. The Kier molecular flexibility index (Phi) is 7.54. The van der Waals surface area contributed by atoms with Crippen LogP contribution in [0.5, 0.6) is 5.75 Å². The zero-order chi connectivity index (χ0) is 23.3. The molecular weight excluding hydrogens is 469 g/mol. The van der Waals surface area contributed by atoms with Crippen LogP contribution in [0.25, 0.3) is 11.4 Å². The van der Waals surface area contributed by atoms with Crippen molar-refractivity contribution in [2.24, 2.45) is 0 Å². The number of aliphatic hydroxyl groups is 1. The molecule has 0 aliphatic heterocycles. The smallest absolute Gasteiger partial charge is 0.416 e. The summed E-state index contributed by atoms with van der Waals surface area (Å²) in [5, 5.41) is 19.9. The number of nitrogens with one attached hydrogen (secondary N) is 2. The topological polar surface area (TPSA) is 92.2 Å². The van der Waals surface area contributed by atoms with Crippen molar-refractivity contribution in [3.05, 3.63) is 63.9 Å². The fourth-order valence-corrected chi connectivity index (χ4v) is 3.03. The van der Waals surface area contributed by atoms with E-state index in [1.165, 1.54) is 4.57 Å². The SMILES string of the molecule is O=C(Cn1c(-c2ccc(Cl)cc2)n[nH]c1=S)NCC(O)COc1ccc(C(F)(F)F)cc1. The van der Waals surface area contributed by atoms with Crippen molar-refractivity contribution in [3.63, 3.8) is 0 Å². The molecule has 3 N–H and O–H groups in total. The van der Waals surface area contributed by atoms with E-state index < -0.39 is 23.8 Å². The normalized spacial score (nSPS) is 12.4. The Bertz CT molecular complexity index is 1110. The maximum atomic E-state index is 12.6. The molecule has 0 saturated carbocycles. The summed E-state index contributed by atoms with van der Waals surface area (Å²) in [6.07, 6.45) is -5.51. The van der Waals surface area contributed by atoms with Crippen molar-refractivity contribution >= 4 is 29.7 Å². The van der Waals surface area contributed by atoms with Crippen LogP contribution in [-0.2, 0) is 17.5 Å². The van der Waals surface area contributed by atoms with Crippen LogP contribution in [-0.4, -0.2) is 45.0 Å². The average Bonchev–Trinajstić information content (AvgIpc) is 3.11. The predicted molar refractivity (Wildman–Crippen MR) is 114 cm³/mol. The molecule has 0 aliphatic rings. The number of ether oxygens (including phenoxy) is 1. The van der Waals surface area contributed by atoms with E-state index in [1.54, 1.807) is 24.3 Å². The maximum Gasteiger partial charge on any atom is 0.416 e. The molecule has 0 spiro atoms. The van der Waals surface area contributed by atoms with Crippen molar-refractivity contribution in [3.8, 4) is 17.1 Å². The van der Waals surface area contributed by atoms with Gasteiger partial charge in [-0.3, -0.25) is 14.5 Å². The molecule has 32 heavy (non-hydrogen) atoms. The monoisotopic (exact) mass is 486 g/mol. The Morgan fingerprint density at radius 1 is 1.22 bits per heavy atom. The van der Waals surface area contributed by atoms with Crippen LogP contribution in [0.4, 0.5) is 13.2 Å². The van der Waals surface area contributed by atoms with Crippen LogP contribution in [0.15, 0.2) is 48.5 Å². The third kappa shape index (κ3) is 6.31. The quantitative estimate of drug-likeness (QED) is 0.421. The van der Waals surface area contributed by atoms with Gasteiger partial charge in [0.2, 0.25) is 5.91 Å². The van der Waals surface area contributed by atoms with Gasteiger partial charge in [-0.1, -0.05) is 11.6 Å². The summed E-state index contributed by atoms with van der Waals surface area (Å²) in [6, 6.07) is 10.9. The molecule has 0 saturated heterocycles. The molecular formula is C20H18ClF3N4O3S. The van der Waals surface area contributed by atoms with Crippen molar-refractivity contribution in [1.29, 1.82) is 0 Å². The summed E-state index contributed by atoms with van der Waals surface area (Å²) in [5.41, 5.74) is -0.0898. The zero-order valence-corrected chi connectivity index (χ0v) is 18.0. The minimum atomic E-state index is -4.44. The Morgan fingerprint density at radius 2 is 1.88 bits per heavy atom. The molecule has 2 aromatic carbocycles. The van der Waals surface area contributed by atoms with Gasteiger partial charge in [-0.15, -0.1) is 0 Å². The number of aromatic amines is 1. The lowest BCUT2D eigenvalue weighted by Crippen LogP contribution is -2.37. The number of amides is 1. The number of alkyl halides is 3. The van der Waals surface area contributed by atoms with Gasteiger partial charge >= 0.3 is 6.18 Å². The van der Waals surface area contributed by atoms with E-state index in [0.29, 0.717) is 16.4 Å². The number of benzene rings is 2. The van der Waals surface area contributed by atoms with E-state index in [-0.39, 0.29) is 30.2 Å². The third-order valence-corrected chi connectivity index (χ3v) is 4.88. The van der Waals surface area contributed by atoms with E-state index >= 15 is 0 Å². The highest BCUT2D eigenvalue weighted by Crippen LogP contribution is 2.30. The van der Waals surface area contributed by atoms with Crippen molar-refractivity contribution < 1.29 is 27.8 Å². The van der Waals surface area contributed by atoms with Gasteiger partial charge in [-0.2, -0.15) is 18.3 Å². The van der Waals surface area contributed by atoms with Crippen molar-refractivity contribution in [2.75, 3.05) is 13.2 Å². The van der Waals surface area contributed by atoms with Gasteiger partial charge in [-0.05, 0) is 60.7 Å². The molecule has 1 atom stereocenters. The number of hydrogen-bond donors (Lipinski definition) is 3. The lowest BCUT2D eigenvalue weighted by atomic mass is 10.2. The van der Waals surface area contributed by atoms with Crippen LogP contribution in [0, 0.1) is 4.77 Å². The number of rotatable bonds is 8. The van der Waals surface area contributed by atoms with E-state index in [0.717, 1.165) is 24.3 Å². The molecule has 0 radical (unpaired) electrons. The second-order valence-corrected chi connectivity index (χ2v) is 7.56. The van der Waals surface area contributed by atoms with Crippen LogP contribution in [0.2, 0.25) is 5.02 Å². The lowest BCUT2D eigenvalue weighted by Gasteiger charge is -2.14. The summed E-state index contributed by atoms with van der Waals surface area (Å²) < 4.78 is 44.7. The number of H-pyrrole nitrogens is 1. The number of nitrogens with zero attached hydrogens (tertiary/aromatic N) is 2. The molecule has 7 nitrogen and oxygen atoms in total. The molecule has 0 aliphatic carbocycles. The molecule has 0 bridgehead atoms. The number of carbonyl (C=O) groups is 1. The fourth-order valence-electron chi connectivity index (χ4n) is 2.71. The van der Waals surface area contributed by atoms with Crippen LogP contribution in [0.1, 0.15) is 5.56 Å². The number of hydrogen-bond acceptors (Lipinski definition) is 5. The molecule has 3 rings (SSSR count). The number of carbonyl (C=O) groups excluding carboxylic acids is 1. The van der Waals surface area contributed by atoms with Crippen LogP contribution < -0.4 is 10.1 Å². The summed E-state index contributed by atoms with van der Waals surface area (Å²) >= 11 is 11.1. The first-order valence-electron chi connectivity index (χ1n) is 9.29. The second kappa shape index (κ2) is 10.2. The largest absolute Gasteiger partial charge is 0.491 e. The summed E-state index contributed by atoms with van der Waals surface area (Å²) in [6.45, 7) is -0.479.